The van der Waals surface area contributed by atoms with E-state index in [1.54, 1.807) is 9.80 Å². The third-order valence-electron chi connectivity index (χ3n) is 6.15. The summed E-state index contributed by atoms with van der Waals surface area (Å²) in [5.41, 5.74) is 2.03. The van der Waals surface area contributed by atoms with E-state index in [4.69, 9.17) is 0 Å². The van der Waals surface area contributed by atoms with Crippen LogP contribution in [0.2, 0.25) is 0 Å². The van der Waals surface area contributed by atoms with Gasteiger partial charge in [0.15, 0.2) is 0 Å². The third kappa shape index (κ3) is 3.57. The minimum atomic E-state index is -0.295. The molecule has 0 spiro atoms. The first-order valence-corrected chi connectivity index (χ1v) is 9.98. The molecule has 3 fully saturated rings. The summed E-state index contributed by atoms with van der Waals surface area (Å²) in [6, 6.07) is 8.18. The summed E-state index contributed by atoms with van der Waals surface area (Å²) in [5.74, 6) is -0.294. The maximum Gasteiger partial charge on any atom is 0.246 e. The molecule has 0 unspecified atom stereocenters. The maximum atomic E-state index is 12.9. The van der Waals surface area contributed by atoms with Crippen molar-refractivity contribution in [2.45, 2.75) is 45.1 Å². The van der Waals surface area contributed by atoms with E-state index in [0.717, 1.165) is 24.1 Å². The summed E-state index contributed by atoms with van der Waals surface area (Å²) in [6.07, 6.45) is 4.74. The Morgan fingerprint density at radius 1 is 1.00 bits per heavy atom. The summed E-state index contributed by atoms with van der Waals surface area (Å²) >= 11 is 0. The van der Waals surface area contributed by atoms with Gasteiger partial charge < -0.3 is 14.7 Å². The van der Waals surface area contributed by atoms with Gasteiger partial charge in [0.2, 0.25) is 17.7 Å². The van der Waals surface area contributed by atoms with Crippen molar-refractivity contribution in [1.82, 2.24) is 9.80 Å². The normalized spacial score (nSPS) is 24.2. The Balaban J connectivity index is 1.37. The second-order valence-electron chi connectivity index (χ2n) is 8.03. The summed E-state index contributed by atoms with van der Waals surface area (Å²) in [6.45, 7) is 3.66. The molecule has 1 aromatic rings. The fraction of sp³-hybridized carbons (Fsp3) is 0.571. The van der Waals surface area contributed by atoms with E-state index in [1.165, 1.54) is 12.8 Å². The molecule has 0 bridgehead atoms. The molecule has 1 aromatic carbocycles. The second-order valence-corrected chi connectivity index (χ2v) is 8.03. The van der Waals surface area contributed by atoms with Gasteiger partial charge in [0.05, 0.1) is 5.92 Å². The van der Waals surface area contributed by atoms with Crippen LogP contribution in [0.5, 0.6) is 0 Å². The highest BCUT2D eigenvalue weighted by Gasteiger charge is 2.41. The molecule has 2 aliphatic heterocycles. The Kier molecular flexibility index (Phi) is 4.89. The van der Waals surface area contributed by atoms with Crippen LogP contribution in [-0.2, 0) is 14.4 Å². The molecule has 2 heterocycles. The van der Waals surface area contributed by atoms with E-state index in [9.17, 15) is 14.4 Å². The first-order valence-electron chi connectivity index (χ1n) is 9.98. The zero-order chi connectivity index (χ0) is 19.0. The van der Waals surface area contributed by atoms with Crippen LogP contribution in [0.15, 0.2) is 24.3 Å². The number of carbonyl (C=O) groups is 3. The zero-order valence-corrected chi connectivity index (χ0v) is 15.9. The molecule has 6 heteroatoms. The number of likely N-dealkylation sites (tertiary alicyclic amines) is 1. The fourth-order valence-electron chi connectivity index (χ4n) is 4.58. The molecule has 4 rings (SSSR count). The van der Waals surface area contributed by atoms with Crippen molar-refractivity contribution >= 4 is 23.4 Å². The van der Waals surface area contributed by atoms with Crippen molar-refractivity contribution in [3.8, 4) is 0 Å². The number of amides is 3. The topological polar surface area (TPSA) is 60.9 Å². The number of nitrogens with zero attached hydrogens (tertiary/aromatic N) is 3. The molecular formula is C21H27N3O3. The molecule has 2 saturated heterocycles. The largest absolute Gasteiger partial charge is 0.339 e. The zero-order valence-electron chi connectivity index (χ0n) is 15.9. The first kappa shape index (κ1) is 18.0. The first-order chi connectivity index (χ1) is 13.0. The van der Waals surface area contributed by atoms with Crippen LogP contribution in [0.25, 0.3) is 0 Å². The van der Waals surface area contributed by atoms with Crippen LogP contribution in [0.3, 0.4) is 0 Å². The summed E-state index contributed by atoms with van der Waals surface area (Å²) in [4.78, 5) is 43.2. The van der Waals surface area contributed by atoms with E-state index in [0.29, 0.717) is 32.1 Å². The van der Waals surface area contributed by atoms with Gasteiger partial charge in [0, 0.05) is 37.8 Å². The Morgan fingerprint density at radius 2 is 1.70 bits per heavy atom. The molecule has 0 radical (unpaired) electrons. The van der Waals surface area contributed by atoms with Crippen molar-refractivity contribution in [2.75, 3.05) is 31.1 Å². The molecule has 3 aliphatic rings. The number of rotatable bonds is 3. The second kappa shape index (κ2) is 7.33. The maximum absolute atomic E-state index is 12.9. The van der Waals surface area contributed by atoms with Gasteiger partial charge >= 0.3 is 0 Å². The van der Waals surface area contributed by atoms with Crippen LogP contribution < -0.4 is 4.90 Å². The minimum absolute atomic E-state index is 0.0410. The van der Waals surface area contributed by atoms with E-state index in [1.807, 2.05) is 36.1 Å². The fourth-order valence-corrected chi connectivity index (χ4v) is 4.58. The van der Waals surface area contributed by atoms with Gasteiger partial charge in [0.1, 0.15) is 6.54 Å². The Labute approximate surface area is 160 Å². The van der Waals surface area contributed by atoms with Gasteiger partial charge in [-0.05, 0) is 31.9 Å². The number of hydrogen-bond donors (Lipinski definition) is 0. The highest BCUT2D eigenvalue weighted by Crippen LogP contribution is 2.30. The summed E-state index contributed by atoms with van der Waals surface area (Å²) in [5, 5.41) is 0. The van der Waals surface area contributed by atoms with Crippen LogP contribution >= 0.6 is 0 Å². The number of piperazine rings is 1. The monoisotopic (exact) mass is 369 g/mol. The molecule has 6 nitrogen and oxygen atoms in total. The number of benzene rings is 1. The van der Waals surface area contributed by atoms with E-state index in [2.05, 4.69) is 0 Å². The van der Waals surface area contributed by atoms with E-state index >= 15 is 0 Å². The molecule has 27 heavy (non-hydrogen) atoms. The smallest absolute Gasteiger partial charge is 0.246 e. The summed E-state index contributed by atoms with van der Waals surface area (Å²) < 4.78 is 0. The molecule has 144 valence electrons. The van der Waals surface area contributed by atoms with Crippen molar-refractivity contribution < 1.29 is 14.4 Å². The van der Waals surface area contributed by atoms with Gasteiger partial charge in [-0.25, -0.2) is 0 Å². The number of carbonyl (C=O) groups excluding carboxylic acids is 3. The molecule has 1 aliphatic carbocycles. The quantitative estimate of drug-likeness (QED) is 0.818. The van der Waals surface area contributed by atoms with Crippen LogP contribution in [0.1, 0.15) is 37.7 Å². The number of aryl methyl sites for hydroxylation is 1. The lowest BCUT2D eigenvalue weighted by Gasteiger charge is -2.35. The van der Waals surface area contributed by atoms with Crippen molar-refractivity contribution in [3.05, 3.63) is 29.8 Å². The van der Waals surface area contributed by atoms with Crippen LogP contribution in [0, 0.1) is 12.8 Å². The average molecular weight is 369 g/mol. The van der Waals surface area contributed by atoms with Crippen LogP contribution in [0.4, 0.5) is 5.69 Å². The standard InChI is InChI=1S/C21H27N3O3/c1-15-6-8-18(9-7-15)23-11-10-22(14-20(23)26)21(27)16-12-19(25)24(13-16)17-4-2-3-5-17/h6-9,16-17H,2-5,10-14H2,1H3/t16-/m1/s1. The predicted molar refractivity (Wildman–Crippen MR) is 102 cm³/mol. The lowest BCUT2D eigenvalue weighted by atomic mass is 10.1. The summed E-state index contributed by atoms with van der Waals surface area (Å²) in [7, 11) is 0. The molecule has 0 N–H and O–H groups in total. The third-order valence-corrected chi connectivity index (χ3v) is 6.15. The van der Waals surface area contributed by atoms with Gasteiger partial charge in [-0.3, -0.25) is 14.4 Å². The minimum Gasteiger partial charge on any atom is -0.339 e. The van der Waals surface area contributed by atoms with Gasteiger partial charge in [-0.15, -0.1) is 0 Å². The SMILES string of the molecule is Cc1ccc(N2CCN(C(=O)[C@@H]3CC(=O)N(C4CCCC4)C3)CC2=O)cc1. The Hall–Kier alpha value is -2.37. The van der Waals surface area contributed by atoms with E-state index in [-0.39, 0.29) is 30.2 Å². The van der Waals surface area contributed by atoms with E-state index < -0.39 is 0 Å². The van der Waals surface area contributed by atoms with Gasteiger partial charge in [0.25, 0.3) is 0 Å². The molecule has 0 aromatic heterocycles. The van der Waals surface area contributed by atoms with Crippen molar-refractivity contribution in [3.63, 3.8) is 0 Å². The highest BCUT2D eigenvalue weighted by molar-refractivity contribution is 5.99. The molecule has 1 atom stereocenters. The highest BCUT2D eigenvalue weighted by atomic mass is 16.2. The van der Waals surface area contributed by atoms with Crippen molar-refractivity contribution in [2.24, 2.45) is 5.92 Å². The Morgan fingerprint density at radius 3 is 2.37 bits per heavy atom. The average Bonchev–Trinajstić information content (AvgIpc) is 3.31. The van der Waals surface area contributed by atoms with Crippen LogP contribution in [-0.4, -0.2) is 59.7 Å². The molecule has 1 saturated carbocycles. The van der Waals surface area contributed by atoms with Gasteiger partial charge in [-0.1, -0.05) is 30.5 Å². The van der Waals surface area contributed by atoms with Gasteiger partial charge in [-0.2, -0.15) is 0 Å². The number of hydrogen-bond acceptors (Lipinski definition) is 3. The Bertz CT molecular complexity index is 740. The number of anilines is 1. The molecular weight excluding hydrogens is 342 g/mol. The lowest BCUT2D eigenvalue weighted by molar-refractivity contribution is -0.140. The lowest BCUT2D eigenvalue weighted by Crippen LogP contribution is -2.54. The molecule has 3 amide bonds. The van der Waals surface area contributed by atoms with Crippen molar-refractivity contribution in [1.29, 1.82) is 0 Å². The predicted octanol–water partition coefficient (Wildman–Crippen LogP) is 1.96.